The molecule has 1 aliphatic rings. The Balaban J connectivity index is 2.39. The van der Waals surface area contributed by atoms with Crippen molar-refractivity contribution in [3.8, 4) is 0 Å². The minimum Gasteiger partial charge on any atom is -0.481 e. The van der Waals surface area contributed by atoms with Crippen molar-refractivity contribution < 1.29 is 9.90 Å². The van der Waals surface area contributed by atoms with Crippen LogP contribution in [0, 0.1) is 5.92 Å². The summed E-state index contributed by atoms with van der Waals surface area (Å²) in [5.41, 5.74) is 1.43. The van der Waals surface area contributed by atoms with Gasteiger partial charge in [0.25, 0.3) is 0 Å². The number of carboxylic acid groups (broad SMARTS) is 1. The molecule has 2 nitrogen and oxygen atoms in total. The summed E-state index contributed by atoms with van der Waals surface area (Å²) in [4.78, 5) is 10.3. The van der Waals surface area contributed by atoms with Gasteiger partial charge in [0.1, 0.15) is 0 Å². The summed E-state index contributed by atoms with van der Waals surface area (Å²) in [5, 5.41) is 8.50. The van der Waals surface area contributed by atoms with E-state index in [1.807, 2.05) is 0 Å². The van der Waals surface area contributed by atoms with Gasteiger partial charge < -0.3 is 5.11 Å². The summed E-state index contributed by atoms with van der Waals surface area (Å²) in [6.07, 6.45) is 5.66. The van der Waals surface area contributed by atoms with Crippen molar-refractivity contribution in [3.63, 3.8) is 0 Å². The summed E-state index contributed by atoms with van der Waals surface area (Å²) < 4.78 is 0. The molecule has 1 atom stereocenters. The summed E-state index contributed by atoms with van der Waals surface area (Å²) in [6, 6.07) is 0. The second-order valence-electron chi connectivity index (χ2n) is 3.08. The fourth-order valence-electron chi connectivity index (χ4n) is 1.55. The van der Waals surface area contributed by atoms with Gasteiger partial charge in [-0.15, -0.1) is 0 Å². The first-order chi connectivity index (χ1) is 5.22. The van der Waals surface area contributed by atoms with Crippen LogP contribution in [0.3, 0.4) is 0 Å². The molecule has 0 heterocycles. The molecule has 1 unspecified atom stereocenters. The summed E-state index contributed by atoms with van der Waals surface area (Å²) in [7, 11) is 0. The minimum atomic E-state index is -0.677. The lowest BCUT2D eigenvalue weighted by molar-refractivity contribution is -0.137. The highest BCUT2D eigenvalue weighted by Crippen LogP contribution is 2.27. The lowest BCUT2D eigenvalue weighted by atomic mass is 10.1. The van der Waals surface area contributed by atoms with E-state index in [2.05, 4.69) is 13.0 Å². The minimum absolute atomic E-state index is 0.308. The molecule has 1 rings (SSSR count). The van der Waals surface area contributed by atoms with Crippen LogP contribution in [-0.4, -0.2) is 11.1 Å². The van der Waals surface area contributed by atoms with Crippen LogP contribution in [0.5, 0.6) is 0 Å². The van der Waals surface area contributed by atoms with Gasteiger partial charge >= 0.3 is 5.97 Å². The van der Waals surface area contributed by atoms with Gasteiger partial charge in [0.15, 0.2) is 0 Å². The number of hydrogen-bond donors (Lipinski definition) is 1. The molecule has 1 N–H and O–H groups in total. The SMILES string of the molecule is CCC1=CC(CC(=O)O)CC1. The predicted molar refractivity (Wildman–Crippen MR) is 43.4 cm³/mol. The topological polar surface area (TPSA) is 37.3 Å². The predicted octanol–water partition coefficient (Wildman–Crippen LogP) is 2.21. The Morgan fingerprint density at radius 3 is 3.00 bits per heavy atom. The van der Waals surface area contributed by atoms with Crippen molar-refractivity contribution in [1.82, 2.24) is 0 Å². The van der Waals surface area contributed by atoms with Crippen LogP contribution < -0.4 is 0 Å². The van der Waals surface area contributed by atoms with Gasteiger partial charge in [0, 0.05) is 0 Å². The molecule has 0 saturated heterocycles. The van der Waals surface area contributed by atoms with Gasteiger partial charge in [-0.2, -0.15) is 0 Å². The van der Waals surface area contributed by atoms with Crippen molar-refractivity contribution in [2.45, 2.75) is 32.6 Å². The Bertz CT molecular complexity index is 182. The van der Waals surface area contributed by atoms with Gasteiger partial charge in [-0.3, -0.25) is 4.79 Å². The average molecular weight is 154 g/mol. The molecule has 0 aromatic rings. The highest BCUT2D eigenvalue weighted by atomic mass is 16.4. The van der Waals surface area contributed by atoms with E-state index in [9.17, 15) is 4.79 Å². The summed E-state index contributed by atoms with van der Waals surface area (Å²) in [5.74, 6) is -0.369. The van der Waals surface area contributed by atoms with E-state index in [1.54, 1.807) is 0 Å². The number of allylic oxidation sites excluding steroid dienone is 2. The summed E-state index contributed by atoms with van der Waals surface area (Å²) >= 11 is 0. The fourth-order valence-corrected chi connectivity index (χ4v) is 1.55. The molecule has 0 aromatic carbocycles. The Morgan fingerprint density at radius 1 is 1.82 bits per heavy atom. The van der Waals surface area contributed by atoms with E-state index < -0.39 is 5.97 Å². The zero-order valence-corrected chi connectivity index (χ0v) is 6.84. The second kappa shape index (κ2) is 3.56. The maximum absolute atomic E-state index is 10.3. The smallest absolute Gasteiger partial charge is 0.303 e. The maximum atomic E-state index is 10.3. The zero-order chi connectivity index (χ0) is 8.27. The molecule has 62 valence electrons. The molecular weight excluding hydrogens is 140 g/mol. The van der Waals surface area contributed by atoms with Gasteiger partial charge in [0.05, 0.1) is 6.42 Å². The lowest BCUT2D eigenvalue weighted by Gasteiger charge is -1.99. The monoisotopic (exact) mass is 154 g/mol. The van der Waals surface area contributed by atoms with Crippen LogP contribution in [0.1, 0.15) is 32.6 Å². The third-order valence-corrected chi connectivity index (χ3v) is 2.20. The van der Waals surface area contributed by atoms with Crippen LogP contribution in [0.15, 0.2) is 11.6 Å². The quantitative estimate of drug-likeness (QED) is 0.633. The van der Waals surface area contributed by atoms with E-state index in [0.29, 0.717) is 12.3 Å². The normalized spacial score (nSPS) is 23.4. The van der Waals surface area contributed by atoms with Crippen molar-refractivity contribution >= 4 is 5.97 Å². The Morgan fingerprint density at radius 2 is 2.55 bits per heavy atom. The van der Waals surface area contributed by atoms with Crippen LogP contribution in [-0.2, 0) is 4.79 Å². The molecule has 0 fully saturated rings. The van der Waals surface area contributed by atoms with Crippen molar-refractivity contribution in [2.24, 2.45) is 5.92 Å². The van der Waals surface area contributed by atoms with E-state index in [4.69, 9.17) is 5.11 Å². The van der Waals surface area contributed by atoms with Crippen LogP contribution in [0.25, 0.3) is 0 Å². The molecule has 11 heavy (non-hydrogen) atoms. The summed E-state index contributed by atoms with van der Waals surface area (Å²) in [6.45, 7) is 2.12. The highest BCUT2D eigenvalue weighted by Gasteiger charge is 2.16. The molecule has 2 heteroatoms. The largest absolute Gasteiger partial charge is 0.481 e. The standard InChI is InChI=1S/C9H14O2/c1-2-7-3-4-8(5-7)6-9(10)11/h5,8H,2-4,6H2,1H3,(H,10,11). The lowest BCUT2D eigenvalue weighted by Crippen LogP contribution is -2.02. The van der Waals surface area contributed by atoms with Crippen molar-refractivity contribution in [1.29, 1.82) is 0 Å². The fraction of sp³-hybridized carbons (Fsp3) is 0.667. The third kappa shape index (κ3) is 2.37. The Labute approximate surface area is 66.9 Å². The number of rotatable bonds is 3. The van der Waals surface area contributed by atoms with Crippen LogP contribution >= 0.6 is 0 Å². The average Bonchev–Trinajstić information content (AvgIpc) is 2.34. The molecule has 1 aliphatic carbocycles. The highest BCUT2D eigenvalue weighted by molar-refractivity contribution is 5.67. The van der Waals surface area contributed by atoms with E-state index in [-0.39, 0.29) is 0 Å². The van der Waals surface area contributed by atoms with Crippen LogP contribution in [0.4, 0.5) is 0 Å². The second-order valence-corrected chi connectivity index (χ2v) is 3.08. The van der Waals surface area contributed by atoms with Gasteiger partial charge in [-0.1, -0.05) is 18.6 Å². The zero-order valence-electron chi connectivity index (χ0n) is 6.84. The van der Waals surface area contributed by atoms with E-state index in [0.717, 1.165) is 19.3 Å². The van der Waals surface area contributed by atoms with E-state index >= 15 is 0 Å². The van der Waals surface area contributed by atoms with Gasteiger partial charge in [-0.05, 0) is 25.2 Å². The van der Waals surface area contributed by atoms with Crippen molar-refractivity contribution in [3.05, 3.63) is 11.6 Å². The molecular formula is C9H14O2. The first-order valence-corrected chi connectivity index (χ1v) is 4.13. The number of hydrogen-bond acceptors (Lipinski definition) is 1. The first kappa shape index (κ1) is 8.31. The molecule has 0 aliphatic heterocycles. The molecule has 0 radical (unpaired) electrons. The number of carbonyl (C=O) groups is 1. The third-order valence-electron chi connectivity index (χ3n) is 2.20. The Hall–Kier alpha value is -0.790. The molecule has 0 spiro atoms. The molecule has 0 bridgehead atoms. The maximum Gasteiger partial charge on any atom is 0.303 e. The molecule has 0 saturated carbocycles. The van der Waals surface area contributed by atoms with Gasteiger partial charge in [-0.25, -0.2) is 0 Å². The molecule has 0 amide bonds. The Kier molecular flexibility index (Phi) is 2.69. The van der Waals surface area contributed by atoms with Crippen LogP contribution in [0.2, 0.25) is 0 Å². The number of carboxylic acids is 1. The molecule has 0 aromatic heterocycles. The van der Waals surface area contributed by atoms with Crippen molar-refractivity contribution in [2.75, 3.05) is 0 Å². The van der Waals surface area contributed by atoms with E-state index in [1.165, 1.54) is 5.57 Å². The number of aliphatic carboxylic acids is 1. The van der Waals surface area contributed by atoms with Gasteiger partial charge in [0.2, 0.25) is 0 Å². The first-order valence-electron chi connectivity index (χ1n) is 4.13.